The normalized spacial score (nSPS) is 15.2. The average molecular weight is 361 g/mol. The smallest absolute Gasteiger partial charge is 0.116 e. The summed E-state index contributed by atoms with van der Waals surface area (Å²) in [5, 5.41) is 11.0. The summed E-state index contributed by atoms with van der Waals surface area (Å²) in [6, 6.07) is 16.3. The van der Waals surface area contributed by atoms with Crippen molar-refractivity contribution in [1.82, 2.24) is 9.88 Å². The molecule has 0 atom stereocenters. The SMILES string of the molecule is Cc1[nH]c2ccc(O)cc2c1CCCCN1CC=C(c2ccccc2)CC1. The number of phenols is 1. The number of aromatic amines is 1. The molecule has 0 fully saturated rings. The van der Waals surface area contributed by atoms with Crippen LogP contribution in [-0.4, -0.2) is 34.6 Å². The van der Waals surface area contributed by atoms with E-state index in [-0.39, 0.29) is 0 Å². The number of aromatic hydroxyl groups is 1. The van der Waals surface area contributed by atoms with Crippen LogP contribution in [0.2, 0.25) is 0 Å². The van der Waals surface area contributed by atoms with Crippen LogP contribution in [0.15, 0.2) is 54.6 Å². The van der Waals surface area contributed by atoms with Gasteiger partial charge < -0.3 is 10.1 Å². The zero-order valence-electron chi connectivity index (χ0n) is 16.0. The highest BCUT2D eigenvalue weighted by Gasteiger charge is 2.13. The third-order valence-corrected chi connectivity index (χ3v) is 5.69. The minimum absolute atomic E-state index is 0.345. The molecule has 0 spiro atoms. The van der Waals surface area contributed by atoms with Crippen LogP contribution in [-0.2, 0) is 6.42 Å². The van der Waals surface area contributed by atoms with Gasteiger partial charge in [-0.15, -0.1) is 0 Å². The van der Waals surface area contributed by atoms with Crippen molar-refractivity contribution in [1.29, 1.82) is 0 Å². The monoisotopic (exact) mass is 360 g/mol. The minimum Gasteiger partial charge on any atom is -0.508 e. The molecule has 140 valence electrons. The predicted octanol–water partition coefficient (Wildman–Crippen LogP) is 5.29. The second-order valence-corrected chi connectivity index (χ2v) is 7.56. The summed E-state index contributed by atoms with van der Waals surface area (Å²) in [5.41, 5.74) is 6.56. The van der Waals surface area contributed by atoms with Gasteiger partial charge in [-0.1, -0.05) is 36.4 Å². The zero-order chi connectivity index (χ0) is 18.6. The Balaban J connectivity index is 1.28. The number of nitrogens with zero attached hydrogens (tertiary/aromatic N) is 1. The number of H-pyrrole nitrogens is 1. The lowest BCUT2D eigenvalue weighted by Gasteiger charge is -2.26. The molecular formula is C24H28N2O. The molecule has 4 rings (SSSR count). The lowest BCUT2D eigenvalue weighted by molar-refractivity contribution is 0.295. The van der Waals surface area contributed by atoms with E-state index in [4.69, 9.17) is 0 Å². The van der Waals surface area contributed by atoms with E-state index in [2.05, 4.69) is 53.2 Å². The van der Waals surface area contributed by atoms with Crippen LogP contribution >= 0.6 is 0 Å². The molecule has 0 amide bonds. The van der Waals surface area contributed by atoms with Crippen molar-refractivity contribution in [3.63, 3.8) is 0 Å². The second-order valence-electron chi connectivity index (χ2n) is 7.56. The van der Waals surface area contributed by atoms with Crippen molar-refractivity contribution in [3.05, 3.63) is 71.4 Å². The van der Waals surface area contributed by atoms with Gasteiger partial charge in [0.2, 0.25) is 0 Å². The molecule has 0 bridgehead atoms. The first-order chi connectivity index (χ1) is 13.2. The minimum atomic E-state index is 0.345. The number of hydrogen-bond acceptors (Lipinski definition) is 2. The number of hydrogen-bond donors (Lipinski definition) is 2. The highest BCUT2D eigenvalue weighted by atomic mass is 16.3. The maximum absolute atomic E-state index is 9.78. The fourth-order valence-corrected chi connectivity index (χ4v) is 4.16. The van der Waals surface area contributed by atoms with Crippen LogP contribution in [0.5, 0.6) is 5.75 Å². The first kappa shape index (κ1) is 17.9. The predicted molar refractivity (Wildman–Crippen MR) is 113 cm³/mol. The summed E-state index contributed by atoms with van der Waals surface area (Å²) in [4.78, 5) is 5.99. The van der Waals surface area contributed by atoms with Gasteiger partial charge in [0.1, 0.15) is 5.75 Å². The van der Waals surface area contributed by atoms with Gasteiger partial charge in [0, 0.05) is 29.7 Å². The number of nitrogens with one attached hydrogen (secondary N) is 1. The van der Waals surface area contributed by atoms with Crippen LogP contribution in [0, 0.1) is 6.92 Å². The molecule has 1 aliphatic rings. The summed E-state index contributed by atoms with van der Waals surface area (Å²) in [5.74, 6) is 0.345. The quantitative estimate of drug-likeness (QED) is 0.586. The number of rotatable bonds is 6. The third kappa shape index (κ3) is 4.09. The average Bonchev–Trinajstić information content (AvgIpc) is 3.01. The Kier molecular flexibility index (Phi) is 5.30. The highest BCUT2D eigenvalue weighted by molar-refractivity contribution is 5.85. The molecule has 0 unspecified atom stereocenters. The Hall–Kier alpha value is -2.52. The van der Waals surface area contributed by atoms with E-state index in [0.29, 0.717) is 5.75 Å². The Labute approximate surface area is 161 Å². The van der Waals surface area contributed by atoms with Gasteiger partial charge in [-0.05, 0) is 74.1 Å². The zero-order valence-corrected chi connectivity index (χ0v) is 16.0. The van der Waals surface area contributed by atoms with E-state index < -0.39 is 0 Å². The molecule has 3 aromatic rings. The van der Waals surface area contributed by atoms with Crippen molar-refractivity contribution in [2.75, 3.05) is 19.6 Å². The van der Waals surface area contributed by atoms with Crippen molar-refractivity contribution < 1.29 is 5.11 Å². The molecule has 2 heterocycles. The first-order valence-electron chi connectivity index (χ1n) is 9.98. The highest BCUT2D eigenvalue weighted by Crippen LogP contribution is 2.27. The molecule has 3 nitrogen and oxygen atoms in total. The number of phenolic OH excluding ortho intramolecular Hbond substituents is 1. The number of fused-ring (bicyclic) bond motifs is 1. The van der Waals surface area contributed by atoms with Gasteiger partial charge in [-0.3, -0.25) is 4.90 Å². The molecule has 0 aliphatic carbocycles. The van der Waals surface area contributed by atoms with Gasteiger partial charge in [0.15, 0.2) is 0 Å². The molecule has 2 aromatic carbocycles. The van der Waals surface area contributed by atoms with Crippen LogP contribution < -0.4 is 0 Å². The van der Waals surface area contributed by atoms with Gasteiger partial charge in [-0.2, -0.15) is 0 Å². The Morgan fingerprint density at radius 2 is 1.93 bits per heavy atom. The van der Waals surface area contributed by atoms with Crippen LogP contribution in [0.4, 0.5) is 0 Å². The molecular weight excluding hydrogens is 332 g/mol. The van der Waals surface area contributed by atoms with E-state index in [0.717, 1.165) is 38.0 Å². The van der Waals surface area contributed by atoms with Crippen molar-refractivity contribution >= 4 is 16.5 Å². The summed E-state index contributed by atoms with van der Waals surface area (Å²) in [6.07, 6.45) is 6.99. The Bertz CT molecular complexity index is 940. The summed E-state index contributed by atoms with van der Waals surface area (Å²) in [7, 11) is 0. The summed E-state index contributed by atoms with van der Waals surface area (Å²) < 4.78 is 0. The first-order valence-corrected chi connectivity index (χ1v) is 9.98. The number of unbranched alkanes of at least 4 members (excludes halogenated alkanes) is 1. The Morgan fingerprint density at radius 3 is 2.70 bits per heavy atom. The maximum atomic E-state index is 9.78. The number of aryl methyl sites for hydroxylation is 2. The van der Waals surface area contributed by atoms with Gasteiger partial charge >= 0.3 is 0 Å². The third-order valence-electron chi connectivity index (χ3n) is 5.69. The molecule has 3 heteroatoms. The lowest BCUT2D eigenvalue weighted by Crippen LogP contribution is -2.29. The molecule has 2 N–H and O–H groups in total. The molecule has 1 aliphatic heterocycles. The maximum Gasteiger partial charge on any atom is 0.116 e. The fraction of sp³-hybridized carbons (Fsp3) is 0.333. The van der Waals surface area contributed by atoms with E-state index >= 15 is 0 Å². The standard InChI is InChI=1S/C24H28N2O/c1-18-22(23-17-21(27)10-11-24(23)25-18)9-5-6-14-26-15-12-20(13-16-26)19-7-3-2-4-8-19/h2-4,7-8,10-12,17,25,27H,5-6,9,13-16H2,1H3. The molecule has 0 radical (unpaired) electrons. The van der Waals surface area contributed by atoms with Crippen molar-refractivity contribution in [2.45, 2.75) is 32.6 Å². The lowest BCUT2D eigenvalue weighted by atomic mass is 9.99. The molecule has 27 heavy (non-hydrogen) atoms. The van der Waals surface area contributed by atoms with E-state index in [1.54, 1.807) is 6.07 Å². The van der Waals surface area contributed by atoms with Gasteiger partial charge in [0.25, 0.3) is 0 Å². The second kappa shape index (κ2) is 8.01. The van der Waals surface area contributed by atoms with E-state index in [9.17, 15) is 5.11 Å². The molecule has 0 saturated heterocycles. The van der Waals surface area contributed by atoms with Gasteiger partial charge in [0.05, 0.1) is 0 Å². The van der Waals surface area contributed by atoms with E-state index in [1.165, 1.54) is 40.6 Å². The molecule has 1 aromatic heterocycles. The number of benzene rings is 2. The van der Waals surface area contributed by atoms with Crippen LogP contribution in [0.1, 0.15) is 36.1 Å². The van der Waals surface area contributed by atoms with Crippen LogP contribution in [0.3, 0.4) is 0 Å². The topological polar surface area (TPSA) is 39.3 Å². The van der Waals surface area contributed by atoms with Crippen molar-refractivity contribution in [2.24, 2.45) is 0 Å². The molecule has 0 saturated carbocycles. The fourth-order valence-electron chi connectivity index (χ4n) is 4.16. The van der Waals surface area contributed by atoms with Crippen molar-refractivity contribution in [3.8, 4) is 5.75 Å². The van der Waals surface area contributed by atoms with Gasteiger partial charge in [-0.25, -0.2) is 0 Å². The van der Waals surface area contributed by atoms with Crippen LogP contribution in [0.25, 0.3) is 16.5 Å². The Morgan fingerprint density at radius 1 is 1.07 bits per heavy atom. The summed E-state index contributed by atoms with van der Waals surface area (Å²) in [6.45, 7) is 5.50. The number of aromatic nitrogens is 1. The summed E-state index contributed by atoms with van der Waals surface area (Å²) >= 11 is 0. The largest absolute Gasteiger partial charge is 0.508 e. The van der Waals surface area contributed by atoms with E-state index in [1.807, 2.05) is 12.1 Å².